The molecular weight excluding hydrogens is 432 g/mol. The quantitative estimate of drug-likeness (QED) is 0.360. The number of anilines is 3. The van der Waals surface area contributed by atoms with Crippen LogP contribution < -0.4 is 10.6 Å². The predicted octanol–water partition coefficient (Wildman–Crippen LogP) is 4.76. The van der Waals surface area contributed by atoms with Crippen LogP contribution in [0.3, 0.4) is 0 Å². The van der Waals surface area contributed by atoms with Gasteiger partial charge in [-0.3, -0.25) is 0 Å². The van der Waals surface area contributed by atoms with Crippen molar-refractivity contribution in [3.63, 3.8) is 0 Å². The first-order valence-corrected chi connectivity index (χ1v) is 11.0. The van der Waals surface area contributed by atoms with E-state index in [1.54, 1.807) is 6.07 Å². The van der Waals surface area contributed by atoms with Gasteiger partial charge in [-0.1, -0.05) is 32.4 Å². The lowest BCUT2D eigenvalue weighted by molar-refractivity contribution is 0.0697. The summed E-state index contributed by atoms with van der Waals surface area (Å²) in [6.07, 6.45) is 0.720. The summed E-state index contributed by atoms with van der Waals surface area (Å²) in [7, 11) is 0. The highest BCUT2D eigenvalue weighted by Gasteiger charge is 2.28. The van der Waals surface area contributed by atoms with Crippen LogP contribution in [0.1, 0.15) is 69.1 Å². The maximum atomic E-state index is 11.3. The predicted molar refractivity (Wildman–Crippen MR) is 125 cm³/mol. The van der Waals surface area contributed by atoms with E-state index in [2.05, 4.69) is 53.1 Å². The van der Waals surface area contributed by atoms with Crippen LogP contribution in [0.4, 0.5) is 17.5 Å². The molecule has 0 spiro atoms. The second-order valence-corrected chi connectivity index (χ2v) is 8.65. The van der Waals surface area contributed by atoms with Crippen molar-refractivity contribution in [2.24, 2.45) is 0 Å². The lowest BCUT2D eigenvalue weighted by Gasteiger charge is -2.26. The van der Waals surface area contributed by atoms with E-state index in [0.29, 0.717) is 23.1 Å². The summed E-state index contributed by atoms with van der Waals surface area (Å²) in [4.78, 5) is 16.1. The molecule has 1 aromatic carbocycles. The number of hydrogen-bond donors (Lipinski definition) is 4. The Morgan fingerprint density at radius 3 is 2.47 bits per heavy atom. The van der Waals surface area contributed by atoms with Crippen molar-refractivity contribution in [3.05, 3.63) is 34.5 Å². The molecule has 0 fully saturated rings. The highest BCUT2D eigenvalue weighted by molar-refractivity contribution is 6.33. The summed E-state index contributed by atoms with van der Waals surface area (Å²) in [5.74, 6) is 0.0909. The molecule has 10 heteroatoms. The largest absolute Gasteiger partial charge is 0.478 e. The zero-order valence-corrected chi connectivity index (χ0v) is 19.6. The Balaban J connectivity index is 2.17. The monoisotopic (exact) mass is 460 g/mol. The second kappa shape index (κ2) is 9.70. The average Bonchev–Trinajstić information content (AvgIpc) is 3.16. The number of aliphatic hydroxyl groups excluding tert-OH is 1. The Labute approximate surface area is 192 Å². The highest BCUT2D eigenvalue weighted by atomic mass is 35.5. The van der Waals surface area contributed by atoms with Crippen LogP contribution in [-0.2, 0) is 0 Å². The minimum absolute atomic E-state index is 0.0207. The second-order valence-electron chi connectivity index (χ2n) is 8.24. The topological polar surface area (TPSA) is 125 Å². The van der Waals surface area contributed by atoms with Crippen LogP contribution in [0.15, 0.2) is 18.2 Å². The molecule has 3 rings (SSSR count). The van der Waals surface area contributed by atoms with Gasteiger partial charge in [0.1, 0.15) is 0 Å². The molecule has 2 aliphatic heterocycles. The number of nitrogens with zero attached hydrogens (tertiary/aromatic N) is 4. The molecule has 9 nitrogen and oxygen atoms in total. The smallest absolute Gasteiger partial charge is 0.337 e. The molecule has 0 bridgehead atoms. The van der Waals surface area contributed by atoms with Crippen LogP contribution in [-0.4, -0.2) is 48.6 Å². The van der Waals surface area contributed by atoms with E-state index in [4.69, 9.17) is 16.6 Å². The van der Waals surface area contributed by atoms with Gasteiger partial charge in [0, 0.05) is 11.7 Å². The van der Waals surface area contributed by atoms with Gasteiger partial charge in [-0.2, -0.15) is 10.1 Å². The van der Waals surface area contributed by atoms with Crippen molar-refractivity contribution in [3.8, 4) is 11.4 Å². The number of hydrogen-bond acceptors (Lipinski definition) is 7. The third-order valence-electron chi connectivity index (χ3n) is 5.21. The highest BCUT2D eigenvalue weighted by Crippen LogP contribution is 2.38. The zero-order chi connectivity index (χ0) is 23.6. The first-order valence-electron chi connectivity index (χ1n) is 10.6. The SMILES string of the molecule is CCC(CO)Nc1nc(Nc2ccc(C(=O)O)c(Cl)c2)c2nnc(C(C)C)c-2n1C(C)C. The van der Waals surface area contributed by atoms with Crippen LogP contribution in [0.2, 0.25) is 5.02 Å². The molecular formula is C22H29ClN6O3. The first kappa shape index (κ1) is 23.7. The summed E-state index contributed by atoms with van der Waals surface area (Å²) >= 11 is 6.15. The maximum Gasteiger partial charge on any atom is 0.337 e. The Morgan fingerprint density at radius 1 is 1.22 bits per heavy atom. The standard InChI is InChI=1S/C22H29ClN6O3/c1-6-13(10-30)25-22-26-20(24-14-7-8-15(21(31)32)16(23)9-14)18-19(29(22)12(4)5)17(11(2)3)27-28-18/h7-9,11-13,24,30H,6,10H2,1-5H3,(H,25,26)(H,31,32). The summed E-state index contributed by atoms with van der Waals surface area (Å²) in [5.41, 5.74) is 2.90. The zero-order valence-electron chi connectivity index (χ0n) is 18.8. The molecule has 1 unspecified atom stereocenters. The molecule has 1 aromatic rings. The van der Waals surface area contributed by atoms with Gasteiger partial charge in [-0.05, 0) is 44.4 Å². The minimum atomic E-state index is -1.09. The number of carboxylic acid groups (broad SMARTS) is 1. The van der Waals surface area contributed by atoms with Gasteiger partial charge in [-0.25, -0.2) is 4.79 Å². The molecule has 4 N–H and O–H groups in total. The van der Waals surface area contributed by atoms with Crippen LogP contribution in [0.25, 0.3) is 11.4 Å². The number of rotatable bonds is 9. The third-order valence-corrected chi connectivity index (χ3v) is 5.52. The Kier molecular flexibility index (Phi) is 7.20. The third kappa shape index (κ3) is 4.63. The first-order chi connectivity index (χ1) is 15.2. The maximum absolute atomic E-state index is 11.3. The van der Waals surface area contributed by atoms with Crippen LogP contribution in [0.5, 0.6) is 0 Å². The van der Waals surface area contributed by atoms with Crippen molar-refractivity contribution in [2.45, 2.75) is 59.0 Å². The van der Waals surface area contributed by atoms with Gasteiger partial charge >= 0.3 is 5.97 Å². The lowest BCUT2D eigenvalue weighted by atomic mass is 10.1. The van der Waals surface area contributed by atoms with Gasteiger partial charge < -0.3 is 25.4 Å². The fourth-order valence-electron chi connectivity index (χ4n) is 3.48. The molecule has 172 valence electrons. The Hall–Kier alpha value is -2.91. The van der Waals surface area contributed by atoms with Gasteiger partial charge in [0.05, 0.1) is 34.6 Å². The summed E-state index contributed by atoms with van der Waals surface area (Å²) in [6, 6.07) is 4.50. The fraction of sp³-hybridized carbons (Fsp3) is 0.455. The van der Waals surface area contributed by atoms with Crippen molar-refractivity contribution < 1.29 is 15.0 Å². The van der Waals surface area contributed by atoms with Gasteiger partial charge in [0.15, 0.2) is 11.5 Å². The van der Waals surface area contributed by atoms with E-state index in [-0.39, 0.29) is 35.2 Å². The van der Waals surface area contributed by atoms with Crippen molar-refractivity contribution >= 4 is 35.0 Å². The molecule has 2 heterocycles. The molecule has 0 aliphatic carbocycles. The fourth-order valence-corrected chi connectivity index (χ4v) is 3.74. The number of benzene rings is 1. The van der Waals surface area contributed by atoms with E-state index in [0.717, 1.165) is 17.8 Å². The summed E-state index contributed by atoms with van der Waals surface area (Å²) in [5, 5.41) is 34.5. The number of halogens is 1. The molecule has 0 saturated heterocycles. The normalized spacial score (nSPS) is 12.5. The Morgan fingerprint density at radius 2 is 1.94 bits per heavy atom. The molecule has 2 aliphatic rings. The molecule has 0 radical (unpaired) electrons. The average molecular weight is 461 g/mol. The van der Waals surface area contributed by atoms with Gasteiger partial charge in [0.25, 0.3) is 0 Å². The Bertz CT molecular complexity index is 1080. The van der Waals surface area contributed by atoms with Gasteiger partial charge in [-0.15, -0.1) is 5.10 Å². The van der Waals surface area contributed by atoms with Crippen LogP contribution >= 0.6 is 11.6 Å². The van der Waals surface area contributed by atoms with Crippen molar-refractivity contribution in [1.82, 2.24) is 19.7 Å². The molecule has 32 heavy (non-hydrogen) atoms. The molecule has 0 aromatic heterocycles. The molecule has 1 atom stereocenters. The number of carbonyl (C=O) groups is 1. The lowest BCUT2D eigenvalue weighted by Crippen LogP contribution is -2.27. The van der Waals surface area contributed by atoms with Crippen molar-refractivity contribution in [2.75, 3.05) is 17.2 Å². The number of nitrogens with one attached hydrogen (secondary N) is 2. The van der Waals surface area contributed by atoms with Gasteiger partial charge in [0.2, 0.25) is 5.95 Å². The van der Waals surface area contributed by atoms with Crippen LogP contribution in [0, 0.1) is 0 Å². The van der Waals surface area contributed by atoms with E-state index in [1.807, 2.05) is 6.92 Å². The summed E-state index contributed by atoms with van der Waals surface area (Å²) in [6.45, 7) is 10.2. The number of fused-ring (bicyclic) bond motifs is 1. The number of carboxylic acids is 1. The minimum Gasteiger partial charge on any atom is -0.478 e. The van der Waals surface area contributed by atoms with E-state index >= 15 is 0 Å². The number of aromatic carboxylic acids is 1. The summed E-state index contributed by atoms with van der Waals surface area (Å²) < 4.78 is 2.05. The van der Waals surface area contributed by atoms with E-state index < -0.39 is 5.97 Å². The van der Waals surface area contributed by atoms with Crippen molar-refractivity contribution in [1.29, 1.82) is 0 Å². The van der Waals surface area contributed by atoms with E-state index in [9.17, 15) is 15.0 Å². The molecule has 0 saturated carbocycles. The number of aliphatic hydroxyl groups is 1. The van der Waals surface area contributed by atoms with E-state index in [1.165, 1.54) is 12.1 Å². The molecule has 0 amide bonds. The number of aromatic nitrogens is 4.